The van der Waals surface area contributed by atoms with Crippen LogP contribution in [0.4, 0.5) is 4.39 Å². The van der Waals surface area contributed by atoms with Gasteiger partial charge in [-0.1, -0.05) is 19.9 Å². The van der Waals surface area contributed by atoms with Crippen molar-refractivity contribution in [3.8, 4) is 6.07 Å². The average molecular weight is 218 g/mol. The lowest BCUT2D eigenvalue weighted by atomic mass is 10.0. The molecule has 2 nitrogen and oxygen atoms in total. The van der Waals surface area contributed by atoms with E-state index in [4.69, 9.17) is 11.0 Å². The molecule has 1 saturated carbocycles. The van der Waals surface area contributed by atoms with Crippen LogP contribution in [0.25, 0.3) is 0 Å². The maximum absolute atomic E-state index is 13.2. The van der Waals surface area contributed by atoms with Crippen molar-refractivity contribution >= 4 is 0 Å². The molecule has 0 saturated heterocycles. The molecule has 0 radical (unpaired) electrons. The van der Waals surface area contributed by atoms with Crippen molar-refractivity contribution in [3.05, 3.63) is 35.1 Å². The number of benzene rings is 1. The molecule has 2 N–H and O–H groups in total. The van der Waals surface area contributed by atoms with Crippen LogP contribution in [0.3, 0.4) is 0 Å². The Balaban J connectivity index is 2.34. The lowest BCUT2D eigenvalue weighted by Crippen LogP contribution is -2.05. The molecule has 1 aliphatic rings. The predicted molar refractivity (Wildman–Crippen MR) is 60.2 cm³/mol. The summed E-state index contributed by atoms with van der Waals surface area (Å²) in [6.45, 7) is 4.95. The molecular formula is C13H15FN2. The Morgan fingerprint density at radius 2 is 2.19 bits per heavy atom. The molecule has 84 valence electrons. The first-order chi connectivity index (χ1) is 7.52. The summed E-state index contributed by atoms with van der Waals surface area (Å²) in [6, 6.07) is 6.66. The summed E-state index contributed by atoms with van der Waals surface area (Å²) in [5.74, 6) is 0.337. The summed E-state index contributed by atoms with van der Waals surface area (Å²) in [5.41, 5.74) is 7.01. The third kappa shape index (κ3) is 1.50. The van der Waals surface area contributed by atoms with Crippen molar-refractivity contribution in [2.75, 3.05) is 6.54 Å². The van der Waals surface area contributed by atoms with Crippen LogP contribution in [-0.4, -0.2) is 6.54 Å². The Hall–Kier alpha value is -1.40. The van der Waals surface area contributed by atoms with Gasteiger partial charge >= 0.3 is 0 Å². The second-order valence-electron chi connectivity index (χ2n) is 4.99. The fraction of sp³-hybridized carbons (Fsp3) is 0.462. The smallest absolute Gasteiger partial charge is 0.140 e. The second kappa shape index (κ2) is 3.57. The van der Waals surface area contributed by atoms with Crippen molar-refractivity contribution in [2.24, 2.45) is 17.1 Å². The van der Waals surface area contributed by atoms with E-state index < -0.39 is 5.82 Å². The van der Waals surface area contributed by atoms with Crippen LogP contribution in [0.5, 0.6) is 0 Å². The first-order valence-corrected chi connectivity index (χ1v) is 5.42. The lowest BCUT2D eigenvalue weighted by molar-refractivity contribution is 0.558. The largest absolute Gasteiger partial charge is 0.330 e. The van der Waals surface area contributed by atoms with Crippen molar-refractivity contribution in [1.29, 1.82) is 5.26 Å². The standard InChI is InChI=1S/C13H15FN2/c1-13(2)10(7-16)12(13)8-3-4-11(14)9(5-8)6-15/h3-5,10,12H,7,16H2,1-2H3/t10-,12-/m0/s1. The zero-order valence-electron chi connectivity index (χ0n) is 9.50. The molecule has 0 aromatic heterocycles. The summed E-state index contributed by atoms with van der Waals surface area (Å²) in [5, 5.41) is 8.78. The highest BCUT2D eigenvalue weighted by molar-refractivity contribution is 5.40. The fourth-order valence-electron chi connectivity index (χ4n) is 2.67. The monoisotopic (exact) mass is 218 g/mol. The van der Waals surface area contributed by atoms with Gasteiger partial charge < -0.3 is 5.73 Å². The topological polar surface area (TPSA) is 49.8 Å². The van der Waals surface area contributed by atoms with Crippen LogP contribution in [0.2, 0.25) is 0 Å². The van der Waals surface area contributed by atoms with Crippen LogP contribution < -0.4 is 5.73 Å². The zero-order valence-corrected chi connectivity index (χ0v) is 9.50. The van der Waals surface area contributed by atoms with E-state index in [0.717, 1.165) is 5.56 Å². The third-order valence-electron chi connectivity index (χ3n) is 3.77. The SMILES string of the molecule is CC1(C)[C@@H](CN)[C@@H]1c1ccc(F)c(C#N)c1. The zero-order chi connectivity index (χ0) is 11.9. The van der Waals surface area contributed by atoms with Crippen LogP contribution >= 0.6 is 0 Å². The minimum atomic E-state index is -0.450. The molecule has 0 aliphatic heterocycles. The fourth-order valence-corrected chi connectivity index (χ4v) is 2.67. The van der Waals surface area contributed by atoms with Crippen molar-refractivity contribution in [3.63, 3.8) is 0 Å². The van der Waals surface area contributed by atoms with Gasteiger partial charge in [0.15, 0.2) is 0 Å². The van der Waals surface area contributed by atoms with Crippen molar-refractivity contribution in [1.82, 2.24) is 0 Å². The van der Waals surface area contributed by atoms with Crippen LogP contribution in [0, 0.1) is 28.5 Å². The number of halogens is 1. The summed E-state index contributed by atoms with van der Waals surface area (Å²) < 4.78 is 13.2. The Kier molecular flexibility index (Phi) is 2.47. The molecular weight excluding hydrogens is 203 g/mol. The number of nitrogens with zero attached hydrogens (tertiary/aromatic N) is 1. The van der Waals surface area contributed by atoms with Gasteiger partial charge in [-0.05, 0) is 41.5 Å². The number of hydrogen-bond acceptors (Lipinski definition) is 2. The minimum Gasteiger partial charge on any atom is -0.330 e. The molecule has 1 aliphatic carbocycles. The second-order valence-corrected chi connectivity index (χ2v) is 4.99. The van der Waals surface area contributed by atoms with E-state index in [9.17, 15) is 4.39 Å². The molecule has 16 heavy (non-hydrogen) atoms. The first-order valence-electron chi connectivity index (χ1n) is 5.42. The summed E-state index contributed by atoms with van der Waals surface area (Å²) in [4.78, 5) is 0. The molecule has 1 fully saturated rings. The molecule has 1 aromatic rings. The molecule has 0 bridgehead atoms. The molecule has 1 aromatic carbocycles. The molecule has 0 spiro atoms. The van der Waals surface area contributed by atoms with Gasteiger partial charge in [0.25, 0.3) is 0 Å². The number of rotatable bonds is 2. The van der Waals surface area contributed by atoms with E-state index in [-0.39, 0.29) is 11.0 Å². The molecule has 3 heteroatoms. The molecule has 0 amide bonds. The third-order valence-corrected chi connectivity index (χ3v) is 3.77. The van der Waals surface area contributed by atoms with Crippen molar-refractivity contribution < 1.29 is 4.39 Å². The first kappa shape index (κ1) is 11.1. The summed E-state index contributed by atoms with van der Waals surface area (Å²) in [7, 11) is 0. The number of nitriles is 1. The normalized spacial score (nSPS) is 26.2. The quantitative estimate of drug-likeness (QED) is 0.828. The van der Waals surface area contributed by atoms with Gasteiger partial charge in [-0.3, -0.25) is 0 Å². The van der Waals surface area contributed by atoms with Crippen LogP contribution in [0.15, 0.2) is 18.2 Å². The van der Waals surface area contributed by atoms with E-state index in [1.54, 1.807) is 12.1 Å². The molecule has 0 unspecified atom stereocenters. The highest BCUT2D eigenvalue weighted by Crippen LogP contribution is 2.63. The molecule has 2 rings (SSSR count). The highest BCUT2D eigenvalue weighted by Gasteiger charge is 2.57. The predicted octanol–water partition coefficient (Wildman–Crippen LogP) is 2.40. The van der Waals surface area contributed by atoms with Crippen LogP contribution in [0.1, 0.15) is 30.9 Å². The Morgan fingerprint density at radius 1 is 1.50 bits per heavy atom. The molecule has 0 heterocycles. The highest BCUT2D eigenvalue weighted by atomic mass is 19.1. The molecule has 2 atom stereocenters. The Morgan fingerprint density at radius 3 is 2.69 bits per heavy atom. The van der Waals surface area contributed by atoms with Gasteiger partial charge in [-0.2, -0.15) is 5.26 Å². The van der Waals surface area contributed by atoms with Gasteiger partial charge in [0.05, 0.1) is 5.56 Å². The minimum absolute atomic E-state index is 0.121. The number of hydrogen-bond donors (Lipinski definition) is 1. The van der Waals surface area contributed by atoms with Gasteiger partial charge in [0.1, 0.15) is 11.9 Å². The van der Waals surface area contributed by atoms with Crippen molar-refractivity contribution in [2.45, 2.75) is 19.8 Å². The Labute approximate surface area is 94.9 Å². The number of nitrogens with two attached hydrogens (primary N) is 1. The Bertz CT molecular complexity index is 459. The van der Waals surface area contributed by atoms with E-state index in [0.29, 0.717) is 18.4 Å². The van der Waals surface area contributed by atoms with Gasteiger partial charge in [-0.25, -0.2) is 4.39 Å². The van der Waals surface area contributed by atoms with E-state index in [2.05, 4.69) is 13.8 Å². The average Bonchev–Trinajstić information content (AvgIpc) is 2.81. The van der Waals surface area contributed by atoms with E-state index in [1.807, 2.05) is 6.07 Å². The van der Waals surface area contributed by atoms with Crippen LogP contribution in [-0.2, 0) is 0 Å². The van der Waals surface area contributed by atoms with Gasteiger partial charge in [0.2, 0.25) is 0 Å². The van der Waals surface area contributed by atoms with Gasteiger partial charge in [-0.15, -0.1) is 0 Å². The lowest BCUT2D eigenvalue weighted by Gasteiger charge is -2.04. The van der Waals surface area contributed by atoms with E-state index >= 15 is 0 Å². The summed E-state index contributed by atoms with van der Waals surface area (Å²) >= 11 is 0. The maximum atomic E-state index is 13.2. The summed E-state index contributed by atoms with van der Waals surface area (Å²) in [6.07, 6.45) is 0. The van der Waals surface area contributed by atoms with E-state index in [1.165, 1.54) is 6.07 Å². The van der Waals surface area contributed by atoms with Gasteiger partial charge in [0, 0.05) is 0 Å². The maximum Gasteiger partial charge on any atom is 0.140 e.